The average molecular weight is 179 g/mol. The average Bonchev–Trinajstić information content (AvgIpc) is 2.61. The number of ether oxygens (including phenoxy) is 2. The molecule has 0 spiro atoms. The third kappa shape index (κ3) is 1.56. The van der Waals surface area contributed by atoms with Crippen molar-refractivity contribution >= 4 is 6.72 Å². The first-order valence-corrected chi connectivity index (χ1v) is 3.86. The van der Waals surface area contributed by atoms with Gasteiger partial charge in [-0.25, -0.2) is 0 Å². The topological polar surface area (TPSA) is 40.0 Å². The van der Waals surface area contributed by atoms with Crippen molar-refractivity contribution in [3.8, 4) is 11.5 Å². The van der Waals surface area contributed by atoms with Crippen LogP contribution in [0.4, 0.5) is 0 Å². The van der Waals surface area contributed by atoms with Gasteiger partial charge in [-0.3, -0.25) is 0 Å². The second-order valence-corrected chi connectivity index (χ2v) is 2.59. The highest BCUT2D eigenvalue weighted by atomic mass is 16.7. The maximum atomic E-state index is 5.20. The highest BCUT2D eigenvalue weighted by molar-refractivity contribution is 5.44. The number of hydrogen-bond donors (Lipinski definition) is 0. The molecule has 1 aromatic carbocycles. The Morgan fingerprint density at radius 1 is 1.38 bits per heavy atom. The molecule has 1 aliphatic rings. The van der Waals surface area contributed by atoms with Crippen LogP contribution in [0.5, 0.6) is 11.5 Å². The summed E-state index contributed by atoms with van der Waals surface area (Å²) < 4.78 is 10.4. The first kappa shape index (κ1) is 7.91. The normalized spacial score (nSPS) is 12.6. The molecule has 1 aliphatic heterocycles. The Morgan fingerprint density at radius 2 is 2.23 bits per heavy atom. The van der Waals surface area contributed by atoms with E-state index in [2.05, 4.69) is 11.9 Å². The van der Waals surface area contributed by atoms with E-state index in [1.807, 2.05) is 18.2 Å². The van der Waals surface area contributed by atoms with Gasteiger partial charge in [0.2, 0.25) is 6.79 Å². The first-order valence-electron chi connectivity index (χ1n) is 3.86. The molecule has 0 saturated heterocycles. The molecule has 4 nitrogen and oxygen atoms in total. The molecule has 0 N–H and O–H groups in total. The summed E-state index contributed by atoms with van der Waals surface area (Å²) in [5.41, 5.74) is 0.983. The number of oxime groups is 1. The number of nitrogens with zero attached hydrogens (tertiary/aromatic N) is 1. The monoisotopic (exact) mass is 179 g/mol. The highest BCUT2D eigenvalue weighted by Gasteiger charge is 2.12. The van der Waals surface area contributed by atoms with Crippen LogP contribution in [0.25, 0.3) is 0 Å². The minimum atomic E-state index is 0.291. The Labute approximate surface area is 75.7 Å². The van der Waals surface area contributed by atoms with Crippen LogP contribution in [-0.2, 0) is 11.4 Å². The molecule has 4 heteroatoms. The maximum Gasteiger partial charge on any atom is 0.231 e. The number of benzene rings is 1. The summed E-state index contributed by atoms with van der Waals surface area (Å²) in [7, 11) is 0. The SMILES string of the molecule is C=NOCc1ccc2c(c1)OCO2. The predicted octanol–water partition coefficient (Wildman–Crippen LogP) is 1.55. The lowest BCUT2D eigenvalue weighted by atomic mass is 10.2. The minimum Gasteiger partial charge on any atom is -0.454 e. The quantitative estimate of drug-likeness (QED) is 0.522. The van der Waals surface area contributed by atoms with Crippen molar-refractivity contribution in [2.24, 2.45) is 5.16 Å². The molecule has 0 atom stereocenters. The minimum absolute atomic E-state index is 0.291. The summed E-state index contributed by atoms with van der Waals surface area (Å²) in [5.74, 6) is 1.53. The van der Waals surface area contributed by atoms with E-state index in [9.17, 15) is 0 Å². The van der Waals surface area contributed by atoms with E-state index in [-0.39, 0.29) is 0 Å². The summed E-state index contributed by atoms with van der Waals surface area (Å²) in [6.07, 6.45) is 0. The van der Waals surface area contributed by atoms with Gasteiger partial charge in [0.15, 0.2) is 11.5 Å². The summed E-state index contributed by atoms with van der Waals surface area (Å²) in [6, 6.07) is 5.62. The van der Waals surface area contributed by atoms with Crippen LogP contribution >= 0.6 is 0 Å². The Kier molecular flexibility index (Phi) is 2.04. The maximum absolute atomic E-state index is 5.20. The lowest BCUT2D eigenvalue weighted by molar-refractivity contribution is 0.133. The molecule has 0 aromatic heterocycles. The van der Waals surface area contributed by atoms with Gasteiger partial charge >= 0.3 is 0 Å². The fraction of sp³-hybridized carbons (Fsp3) is 0.222. The summed E-state index contributed by atoms with van der Waals surface area (Å²) in [5, 5.41) is 3.30. The zero-order valence-corrected chi connectivity index (χ0v) is 7.03. The molecule has 1 heterocycles. The highest BCUT2D eigenvalue weighted by Crippen LogP contribution is 2.32. The molecule has 1 aromatic rings. The molecule has 2 rings (SSSR count). The van der Waals surface area contributed by atoms with Crippen molar-refractivity contribution in [3.05, 3.63) is 23.8 Å². The van der Waals surface area contributed by atoms with Gasteiger partial charge in [0.25, 0.3) is 0 Å². The number of rotatable bonds is 3. The van der Waals surface area contributed by atoms with Crippen LogP contribution in [0.1, 0.15) is 5.56 Å². The smallest absolute Gasteiger partial charge is 0.231 e. The summed E-state index contributed by atoms with van der Waals surface area (Å²) in [4.78, 5) is 4.80. The Balaban J connectivity index is 2.16. The second kappa shape index (κ2) is 3.35. The second-order valence-electron chi connectivity index (χ2n) is 2.59. The van der Waals surface area contributed by atoms with Crippen LogP contribution < -0.4 is 9.47 Å². The van der Waals surface area contributed by atoms with Crippen molar-refractivity contribution < 1.29 is 14.3 Å². The van der Waals surface area contributed by atoms with Gasteiger partial charge in [-0.2, -0.15) is 0 Å². The van der Waals surface area contributed by atoms with Crippen molar-refractivity contribution in [1.29, 1.82) is 0 Å². The number of hydrogen-bond acceptors (Lipinski definition) is 4. The first-order chi connectivity index (χ1) is 6.40. The van der Waals surface area contributed by atoms with Gasteiger partial charge in [-0.15, -0.1) is 5.16 Å². The molecule has 0 aliphatic carbocycles. The lowest BCUT2D eigenvalue weighted by Crippen LogP contribution is -1.93. The molecule has 0 radical (unpaired) electrons. The third-order valence-electron chi connectivity index (χ3n) is 1.76. The van der Waals surface area contributed by atoms with E-state index in [1.54, 1.807) is 0 Å². The number of fused-ring (bicyclic) bond motifs is 1. The molecule has 0 amide bonds. The van der Waals surface area contributed by atoms with Gasteiger partial charge in [0.05, 0.1) is 0 Å². The molecular formula is C9H9NO3. The fourth-order valence-electron chi connectivity index (χ4n) is 1.15. The largest absolute Gasteiger partial charge is 0.454 e. The van der Waals surface area contributed by atoms with Gasteiger partial charge in [0, 0.05) is 6.72 Å². The molecule has 0 fully saturated rings. The van der Waals surface area contributed by atoms with Crippen LogP contribution in [0.3, 0.4) is 0 Å². The van der Waals surface area contributed by atoms with Crippen molar-refractivity contribution in [2.45, 2.75) is 6.61 Å². The van der Waals surface area contributed by atoms with Crippen LogP contribution in [0.15, 0.2) is 23.4 Å². The van der Waals surface area contributed by atoms with Crippen molar-refractivity contribution in [2.75, 3.05) is 6.79 Å². The van der Waals surface area contributed by atoms with Crippen LogP contribution in [0, 0.1) is 0 Å². The van der Waals surface area contributed by atoms with E-state index in [0.29, 0.717) is 13.4 Å². The Hall–Kier alpha value is -1.71. The predicted molar refractivity (Wildman–Crippen MR) is 46.9 cm³/mol. The van der Waals surface area contributed by atoms with Crippen molar-refractivity contribution in [3.63, 3.8) is 0 Å². The van der Waals surface area contributed by atoms with Gasteiger partial charge < -0.3 is 14.3 Å². The van der Waals surface area contributed by atoms with E-state index >= 15 is 0 Å². The van der Waals surface area contributed by atoms with E-state index in [4.69, 9.17) is 14.3 Å². The molecule has 0 unspecified atom stereocenters. The summed E-state index contributed by atoms with van der Waals surface area (Å²) >= 11 is 0. The summed E-state index contributed by atoms with van der Waals surface area (Å²) in [6.45, 7) is 3.91. The van der Waals surface area contributed by atoms with Crippen LogP contribution in [0.2, 0.25) is 0 Å². The molecular weight excluding hydrogens is 170 g/mol. The van der Waals surface area contributed by atoms with Gasteiger partial charge in [-0.05, 0) is 17.7 Å². The molecule has 68 valence electrons. The van der Waals surface area contributed by atoms with Gasteiger partial charge in [-0.1, -0.05) is 6.07 Å². The van der Waals surface area contributed by atoms with E-state index < -0.39 is 0 Å². The Bertz CT molecular complexity index is 325. The molecule has 0 saturated carbocycles. The lowest BCUT2D eigenvalue weighted by Gasteiger charge is -2.00. The van der Waals surface area contributed by atoms with Crippen molar-refractivity contribution in [1.82, 2.24) is 0 Å². The van der Waals surface area contributed by atoms with E-state index in [1.165, 1.54) is 0 Å². The fourth-order valence-corrected chi connectivity index (χ4v) is 1.15. The third-order valence-corrected chi connectivity index (χ3v) is 1.76. The standard InChI is InChI=1S/C9H9NO3/c1-10-13-5-7-2-3-8-9(4-7)12-6-11-8/h2-4H,1,5-6H2. The zero-order valence-electron chi connectivity index (χ0n) is 7.03. The molecule has 13 heavy (non-hydrogen) atoms. The van der Waals surface area contributed by atoms with E-state index in [0.717, 1.165) is 17.1 Å². The molecule has 0 bridgehead atoms. The van der Waals surface area contributed by atoms with Gasteiger partial charge in [0.1, 0.15) is 6.61 Å². The zero-order chi connectivity index (χ0) is 9.10. The van der Waals surface area contributed by atoms with Crippen LogP contribution in [-0.4, -0.2) is 13.5 Å². The Morgan fingerprint density at radius 3 is 3.08 bits per heavy atom.